The lowest BCUT2D eigenvalue weighted by atomic mass is 10.2. The largest absolute Gasteiger partial charge is 0.497 e. The van der Waals surface area contributed by atoms with Crippen LogP contribution in [0.15, 0.2) is 47.1 Å². The smallest absolute Gasteiger partial charge is 0.238 e. The summed E-state index contributed by atoms with van der Waals surface area (Å²) >= 11 is 0. The van der Waals surface area contributed by atoms with E-state index < -0.39 is 0 Å². The highest BCUT2D eigenvalue weighted by molar-refractivity contribution is 5.92. The molecule has 1 aromatic heterocycles. The topological polar surface area (TPSA) is 83.8 Å². The monoisotopic (exact) mass is 359 g/mol. The van der Waals surface area contributed by atoms with Gasteiger partial charge < -0.3 is 19.8 Å². The summed E-state index contributed by atoms with van der Waals surface area (Å²) in [6, 6.07) is 10.5. The Morgan fingerprint density at radius 2 is 1.85 bits per heavy atom. The molecule has 1 aromatic carbocycles. The number of nitrogens with zero attached hydrogens (tertiary/aromatic N) is 1. The Labute approximate surface area is 153 Å². The third-order valence-corrected chi connectivity index (χ3v) is 3.90. The van der Waals surface area contributed by atoms with Crippen LogP contribution in [-0.4, -0.2) is 43.5 Å². The molecule has 2 N–H and O–H groups in total. The first-order valence-electron chi connectivity index (χ1n) is 8.50. The predicted octanol–water partition coefficient (Wildman–Crippen LogP) is 2.43. The van der Waals surface area contributed by atoms with Gasteiger partial charge in [0.15, 0.2) is 0 Å². The van der Waals surface area contributed by atoms with Crippen LogP contribution < -0.4 is 15.4 Å². The minimum atomic E-state index is -0.218. The van der Waals surface area contributed by atoms with E-state index in [9.17, 15) is 9.59 Å². The van der Waals surface area contributed by atoms with Crippen molar-refractivity contribution in [3.05, 3.63) is 48.4 Å². The lowest BCUT2D eigenvalue weighted by Crippen LogP contribution is -2.41. The van der Waals surface area contributed by atoms with Crippen molar-refractivity contribution in [2.24, 2.45) is 0 Å². The lowest BCUT2D eigenvalue weighted by molar-refractivity contribution is -0.124. The zero-order valence-corrected chi connectivity index (χ0v) is 15.3. The van der Waals surface area contributed by atoms with Crippen LogP contribution >= 0.6 is 0 Å². The molecular weight excluding hydrogens is 334 g/mol. The summed E-state index contributed by atoms with van der Waals surface area (Å²) in [5, 5.41) is 5.67. The summed E-state index contributed by atoms with van der Waals surface area (Å²) in [7, 11) is 1.59. The van der Waals surface area contributed by atoms with Gasteiger partial charge in [-0.1, -0.05) is 6.92 Å². The van der Waals surface area contributed by atoms with Crippen molar-refractivity contribution in [2.75, 3.05) is 32.1 Å². The average molecular weight is 359 g/mol. The normalized spacial score (nSPS) is 11.8. The van der Waals surface area contributed by atoms with Crippen LogP contribution in [0, 0.1) is 0 Å². The molecule has 2 aromatic rings. The molecule has 0 spiro atoms. The van der Waals surface area contributed by atoms with Crippen LogP contribution in [-0.2, 0) is 9.59 Å². The molecule has 0 bridgehead atoms. The third-order valence-electron chi connectivity index (χ3n) is 3.90. The van der Waals surface area contributed by atoms with Crippen molar-refractivity contribution in [3.8, 4) is 5.75 Å². The summed E-state index contributed by atoms with van der Waals surface area (Å²) in [6.45, 7) is 4.61. The van der Waals surface area contributed by atoms with Crippen molar-refractivity contribution in [2.45, 2.75) is 19.9 Å². The summed E-state index contributed by atoms with van der Waals surface area (Å²) in [5.41, 5.74) is 0.683. The fraction of sp³-hybridized carbons (Fsp3) is 0.368. The van der Waals surface area contributed by atoms with Crippen LogP contribution in [0.5, 0.6) is 5.75 Å². The zero-order chi connectivity index (χ0) is 18.9. The first kappa shape index (κ1) is 19.5. The van der Waals surface area contributed by atoms with Crippen molar-refractivity contribution < 1.29 is 18.7 Å². The van der Waals surface area contributed by atoms with E-state index in [-0.39, 0.29) is 30.9 Å². The summed E-state index contributed by atoms with van der Waals surface area (Å²) in [5.74, 6) is 1.08. The SMILES string of the molecule is CCN(CC(=O)Nc1ccc(OC)cc1)CC(=O)N[C@H](C)c1ccco1. The number of furan rings is 1. The highest BCUT2D eigenvalue weighted by Gasteiger charge is 2.16. The number of likely N-dealkylation sites (N-methyl/N-ethyl adjacent to an activating group) is 1. The minimum Gasteiger partial charge on any atom is -0.497 e. The van der Waals surface area contributed by atoms with Gasteiger partial charge in [0, 0.05) is 5.69 Å². The quantitative estimate of drug-likeness (QED) is 0.718. The molecule has 0 fully saturated rings. The maximum Gasteiger partial charge on any atom is 0.238 e. The van der Waals surface area contributed by atoms with E-state index >= 15 is 0 Å². The van der Waals surface area contributed by atoms with Crippen LogP contribution in [0.25, 0.3) is 0 Å². The molecule has 7 nitrogen and oxygen atoms in total. The number of hydrogen-bond donors (Lipinski definition) is 2. The summed E-state index contributed by atoms with van der Waals surface area (Å²) in [6.07, 6.45) is 1.57. The van der Waals surface area contributed by atoms with E-state index in [1.165, 1.54) is 0 Å². The minimum absolute atomic E-state index is 0.130. The van der Waals surface area contributed by atoms with E-state index in [1.54, 1.807) is 48.6 Å². The molecule has 1 atom stereocenters. The fourth-order valence-electron chi connectivity index (χ4n) is 2.46. The Balaban J connectivity index is 1.81. The van der Waals surface area contributed by atoms with Gasteiger partial charge in [0.05, 0.1) is 32.5 Å². The van der Waals surface area contributed by atoms with E-state index in [0.29, 0.717) is 18.0 Å². The second-order valence-electron chi connectivity index (χ2n) is 5.88. The van der Waals surface area contributed by atoms with Gasteiger partial charge in [-0.05, 0) is 49.9 Å². The fourth-order valence-corrected chi connectivity index (χ4v) is 2.46. The Morgan fingerprint density at radius 3 is 2.42 bits per heavy atom. The van der Waals surface area contributed by atoms with Gasteiger partial charge in [0.2, 0.25) is 11.8 Å². The van der Waals surface area contributed by atoms with Crippen LogP contribution in [0.4, 0.5) is 5.69 Å². The number of benzene rings is 1. The third kappa shape index (κ3) is 5.93. The Morgan fingerprint density at radius 1 is 1.15 bits per heavy atom. The number of nitrogens with one attached hydrogen (secondary N) is 2. The van der Waals surface area contributed by atoms with Gasteiger partial charge in [-0.25, -0.2) is 0 Å². The predicted molar refractivity (Wildman–Crippen MR) is 99.0 cm³/mol. The number of hydrogen-bond acceptors (Lipinski definition) is 5. The van der Waals surface area contributed by atoms with Crippen LogP contribution in [0.3, 0.4) is 0 Å². The molecule has 0 aliphatic carbocycles. The molecule has 7 heteroatoms. The average Bonchev–Trinajstić information content (AvgIpc) is 3.16. The van der Waals surface area contributed by atoms with E-state index in [1.807, 2.05) is 19.9 Å². The van der Waals surface area contributed by atoms with Crippen molar-refractivity contribution in [1.82, 2.24) is 10.2 Å². The highest BCUT2D eigenvalue weighted by Crippen LogP contribution is 2.15. The lowest BCUT2D eigenvalue weighted by Gasteiger charge is -2.20. The van der Waals surface area contributed by atoms with E-state index in [4.69, 9.17) is 9.15 Å². The molecule has 0 aliphatic rings. The van der Waals surface area contributed by atoms with Gasteiger partial charge in [-0.3, -0.25) is 14.5 Å². The molecule has 0 unspecified atom stereocenters. The number of ether oxygens (including phenoxy) is 1. The Bertz CT molecular complexity index is 698. The number of amides is 2. The second-order valence-corrected chi connectivity index (χ2v) is 5.88. The summed E-state index contributed by atoms with van der Waals surface area (Å²) < 4.78 is 10.4. The van der Waals surface area contributed by atoms with Crippen molar-refractivity contribution in [1.29, 1.82) is 0 Å². The van der Waals surface area contributed by atoms with Crippen molar-refractivity contribution in [3.63, 3.8) is 0 Å². The molecule has 0 aliphatic heterocycles. The first-order valence-corrected chi connectivity index (χ1v) is 8.50. The second kappa shape index (κ2) is 9.62. The van der Waals surface area contributed by atoms with Gasteiger partial charge in [0.1, 0.15) is 11.5 Å². The number of carbonyl (C=O) groups excluding carboxylic acids is 2. The van der Waals surface area contributed by atoms with Crippen LogP contribution in [0.1, 0.15) is 25.6 Å². The Hall–Kier alpha value is -2.80. The molecule has 0 radical (unpaired) electrons. The van der Waals surface area contributed by atoms with Gasteiger partial charge in [-0.15, -0.1) is 0 Å². The number of anilines is 1. The van der Waals surface area contributed by atoms with E-state index in [2.05, 4.69) is 10.6 Å². The first-order chi connectivity index (χ1) is 12.5. The molecule has 0 saturated carbocycles. The molecule has 2 amide bonds. The van der Waals surface area contributed by atoms with Gasteiger partial charge >= 0.3 is 0 Å². The molecule has 0 saturated heterocycles. The zero-order valence-electron chi connectivity index (χ0n) is 15.3. The maximum atomic E-state index is 12.2. The molecular formula is C19H25N3O4. The standard InChI is InChI=1S/C19H25N3O4/c1-4-22(12-18(23)20-14(2)17-6-5-11-26-17)13-19(24)21-15-7-9-16(25-3)10-8-15/h5-11,14H,4,12-13H2,1-3H3,(H,20,23)(H,21,24)/t14-/m1/s1. The van der Waals surface area contributed by atoms with Crippen molar-refractivity contribution >= 4 is 17.5 Å². The van der Waals surface area contributed by atoms with Gasteiger partial charge in [0.25, 0.3) is 0 Å². The van der Waals surface area contributed by atoms with E-state index in [0.717, 1.165) is 5.75 Å². The number of rotatable bonds is 9. The van der Waals surface area contributed by atoms with Crippen LogP contribution in [0.2, 0.25) is 0 Å². The molecule has 1 heterocycles. The molecule has 26 heavy (non-hydrogen) atoms. The van der Waals surface area contributed by atoms with Gasteiger partial charge in [-0.2, -0.15) is 0 Å². The molecule has 2 rings (SSSR count). The Kier molecular flexibility index (Phi) is 7.23. The maximum absolute atomic E-state index is 12.2. The summed E-state index contributed by atoms with van der Waals surface area (Å²) in [4.78, 5) is 26.2. The number of carbonyl (C=O) groups is 2. The highest BCUT2D eigenvalue weighted by atomic mass is 16.5. The number of methoxy groups -OCH3 is 1. The molecule has 140 valence electrons.